The Balaban J connectivity index is 1.37. The van der Waals surface area contributed by atoms with Crippen molar-refractivity contribution in [1.29, 1.82) is 0 Å². The average molecular weight is 366 g/mol. The maximum Gasteiger partial charge on any atom is 0.308 e. The number of fused-ring (bicyclic) bond motifs is 2. The van der Waals surface area contributed by atoms with Gasteiger partial charge in [-0.1, -0.05) is 6.42 Å². The van der Waals surface area contributed by atoms with Gasteiger partial charge in [-0.15, -0.1) is 0 Å². The number of esters is 1. The summed E-state index contributed by atoms with van der Waals surface area (Å²) >= 11 is 0. The van der Waals surface area contributed by atoms with Crippen molar-refractivity contribution in [3.8, 4) is 0 Å². The highest BCUT2D eigenvalue weighted by atomic mass is 16.8. The Morgan fingerprint density at radius 1 is 1.00 bits per heavy atom. The van der Waals surface area contributed by atoms with Gasteiger partial charge < -0.3 is 23.7 Å². The fourth-order valence-corrected chi connectivity index (χ4v) is 5.97. The standard InChI is InChI=1S/C20H30O6/c1-22-17(21)11-14-5-6-15-18(24-14)9-10-19(13-23-15)16(12-18)25-20(26-19)7-3-2-4-8-20/h14-16H,2-13H2,1H3/t14-,15+,16-,18?,19-/m1/s1. The van der Waals surface area contributed by atoms with Crippen molar-refractivity contribution in [1.82, 2.24) is 0 Å². The minimum absolute atomic E-state index is 0.0382. The number of rotatable bonds is 2. The predicted octanol–water partition coefficient (Wildman–Crippen LogP) is 2.86. The molecule has 2 saturated carbocycles. The molecule has 0 amide bonds. The molecule has 4 heterocycles. The first-order valence-electron chi connectivity index (χ1n) is 10.3. The molecule has 0 aromatic rings. The number of ether oxygens (including phenoxy) is 5. The van der Waals surface area contributed by atoms with Gasteiger partial charge in [-0.05, 0) is 38.5 Å². The molecule has 3 spiro atoms. The molecule has 6 rings (SSSR count). The van der Waals surface area contributed by atoms with E-state index < -0.39 is 5.79 Å². The summed E-state index contributed by atoms with van der Waals surface area (Å²) in [4.78, 5) is 11.7. The smallest absolute Gasteiger partial charge is 0.308 e. The lowest BCUT2D eigenvalue weighted by atomic mass is 9.71. The van der Waals surface area contributed by atoms with Crippen LogP contribution in [0.2, 0.25) is 0 Å². The number of methoxy groups -OCH3 is 1. The zero-order valence-electron chi connectivity index (χ0n) is 15.7. The Bertz CT molecular complexity index is 573. The summed E-state index contributed by atoms with van der Waals surface area (Å²) in [5, 5.41) is 0. The summed E-state index contributed by atoms with van der Waals surface area (Å²) in [5.74, 6) is -0.601. The fourth-order valence-electron chi connectivity index (χ4n) is 5.97. The van der Waals surface area contributed by atoms with Gasteiger partial charge in [0.15, 0.2) is 5.79 Å². The highest BCUT2D eigenvalue weighted by Gasteiger charge is 2.66. The molecule has 0 aromatic heterocycles. The van der Waals surface area contributed by atoms with E-state index in [4.69, 9.17) is 23.7 Å². The maximum absolute atomic E-state index is 11.7. The SMILES string of the molecule is COC(=O)C[C@H]1CC[C@@H]2OC[C@]34CCC2(C[C@H]3OC2(CCCCC2)O4)O1. The van der Waals surface area contributed by atoms with Crippen LogP contribution in [0.3, 0.4) is 0 Å². The van der Waals surface area contributed by atoms with Crippen LogP contribution in [-0.2, 0) is 28.5 Å². The van der Waals surface area contributed by atoms with Gasteiger partial charge in [0.1, 0.15) is 5.60 Å². The van der Waals surface area contributed by atoms with Crippen LogP contribution >= 0.6 is 0 Å². The topological polar surface area (TPSA) is 63.2 Å². The van der Waals surface area contributed by atoms with Crippen LogP contribution < -0.4 is 0 Å². The molecule has 146 valence electrons. The van der Waals surface area contributed by atoms with Crippen LogP contribution in [0.15, 0.2) is 0 Å². The normalized spacial score (nSPS) is 46.4. The molecule has 6 heteroatoms. The molecule has 4 saturated heterocycles. The maximum atomic E-state index is 11.7. The van der Waals surface area contributed by atoms with E-state index >= 15 is 0 Å². The number of carbonyl (C=O) groups is 1. The lowest BCUT2D eigenvalue weighted by Gasteiger charge is -2.48. The van der Waals surface area contributed by atoms with Crippen LogP contribution in [0, 0.1) is 0 Å². The first kappa shape index (κ1) is 17.4. The summed E-state index contributed by atoms with van der Waals surface area (Å²) in [6, 6.07) is 0. The van der Waals surface area contributed by atoms with Crippen molar-refractivity contribution in [2.45, 2.75) is 106 Å². The average Bonchev–Trinajstić information content (AvgIpc) is 2.77. The Hall–Kier alpha value is -0.690. The van der Waals surface area contributed by atoms with Crippen LogP contribution in [0.1, 0.15) is 70.6 Å². The van der Waals surface area contributed by atoms with Crippen molar-refractivity contribution in [2.75, 3.05) is 13.7 Å². The van der Waals surface area contributed by atoms with Crippen LogP contribution in [0.4, 0.5) is 0 Å². The van der Waals surface area contributed by atoms with Gasteiger partial charge in [0.25, 0.3) is 0 Å². The third-order valence-electron chi connectivity index (χ3n) is 7.34. The van der Waals surface area contributed by atoms with Crippen LogP contribution in [0.25, 0.3) is 0 Å². The predicted molar refractivity (Wildman–Crippen MR) is 91.6 cm³/mol. The van der Waals surface area contributed by atoms with Gasteiger partial charge in [-0.2, -0.15) is 0 Å². The Morgan fingerprint density at radius 2 is 1.81 bits per heavy atom. The van der Waals surface area contributed by atoms with Crippen molar-refractivity contribution in [3.05, 3.63) is 0 Å². The van der Waals surface area contributed by atoms with Gasteiger partial charge >= 0.3 is 5.97 Å². The second-order valence-electron chi connectivity index (χ2n) is 8.91. The molecule has 0 radical (unpaired) electrons. The molecule has 1 unspecified atom stereocenters. The van der Waals surface area contributed by atoms with Gasteiger partial charge in [0.05, 0.1) is 44.1 Å². The van der Waals surface area contributed by atoms with Crippen LogP contribution in [0.5, 0.6) is 0 Å². The second-order valence-corrected chi connectivity index (χ2v) is 8.91. The molecular formula is C20H30O6. The minimum Gasteiger partial charge on any atom is -0.469 e. The van der Waals surface area contributed by atoms with E-state index in [1.54, 1.807) is 0 Å². The molecule has 5 atom stereocenters. The molecule has 0 N–H and O–H groups in total. The van der Waals surface area contributed by atoms with E-state index in [0.717, 1.165) is 44.9 Å². The van der Waals surface area contributed by atoms with E-state index in [0.29, 0.717) is 13.0 Å². The van der Waals surface area contributed by atoms with Crippen molar-refractivity contribution < 1.29 is 28.5 Å². The lowest BCUT2D eigenvalue weighted by Crippen LogP contribution is -2.57. The number of hydrogen-bond acceptors (Lipinski definition) is 6. The Morgan fingerprint density at radius 3 is 2.62 bits per heavy atom. The highest BCUT2D eigenvalue weighted by Crippen LogP contribution is 2.57. The van der Waals surface area contributed by atoms with Crippen LogP contribution in [-0.4, -0.2) is 55.0 Å². The molecule has 6 aliphatic rings. The van der Waals surface area contributed by atoms with Crippen molar-refractivity contribution in [2.24, 2.45) is 0 Å². The first-order valence-corrected chi connectivity index (χ1v) is 10.3. The zero-order chi connectivity index (χ0) is 17.8. The van der Waals surface area contributed by atoms with E-state index in [2.05, 4.69) is 0 Å². The quantitative estimate of drug-likeness (QED) is 0.700. The fraction of sp³-hybridized carbons (Fsp3) is 0.950. The van der Waals surface area contributed by atoms with Crippen molar-refractivity contribution >= 4 is 5.97 Å². The minimum atomic E-state index is -0.398. The van der Waals surface area contributed by atoms with Gasteiger partial charge in [0, 0.05) is 19.3 Å². The van der Waals surface area contributed by atoms with Gasteiger partial charge in [-0.3, -0.25) is 4.79 Å². The first-order chi connectivity index (χ1) is 12.6. The van der Waals surface area contributed by atoms with E-state index in [1.165, 1.54) is 26.4 Å². The van der Waals surface area contributed by atoms with Gasteiger partial charge in [0.2, 0.25) is 0 Å². The van der Waals surface area contributed by atoms with Crippen molar-refractivity contribution in [3.63, 3.8) is 0 Å². The van der Waals surface area contributed by atoms with Gasteiger partial charge in [-0.25, -0.2) is 0 Å². The second kappa shape index (κ2) is 6.16. The van der Waals surface area contributed by atoms with E-state index in [-0.39, 0.29) is 35.5 Å². The molecule has 0 aromatic carbocycles. The summed E-state index contributed by atoms with van der Waals surface area (Å²) < 4.78 is 31.0. The molecule has 6 fully saturated rings. The largest absolute Gasteiger partial charge is 0.469 e. The molecule has 4 aliphatic heterocycles. The summed E-state index contributed by atoms with van der Waals surface area (Å²) in [7, 11) is 1.43. The third kappa shape index (κ3) is 2.64. The van der Waals surface area contributed by atoms with E-state index in [9.17, 15) is 4.79 Å². The number of carbonyl (C=O) groups excluding carboxylic acids is 1. The molecule has 6 nitrogen and oxygen atoms in total. The molecular weight excluding hydrogens is 336 g/mol. The molecule has 2 aliphatic carbocycles. The lowest BCUT2D eigenvalue weighted by molar-refractivity contribution is -0.233. The monoisotopic (exact) mass is 366 g/mol. The summed E-state index contributed by atoms with van der Waals surface area (Å²) in [5.41, 5.74) is -0.647. The van der Waals surface area contributed by atoms with E-state index in [1.807, 2.05) is 0 Å². The third-order valence-corrected chi connectivity index (χ3v) is 7.34. The Kier molecular flexibility index (Phi) is 4.12. The Labute approximate surface area is 154 Å². The number of hydrogen-bond donors (Lipinski definition) is 0. The highest BCUT2D eigenvalue weighted by molar-refractivity contribution is 5.69. The zero-order valence-corrected chi connectivity index (χ0v) is 15.7. The molecule has 2 bridgehead atoms. The summed E-state index contributed by atoms with van der Waals surface area (Å²) in [6.07, 6.45) is 10.4. The molecule has 26 heavy (non-hydrogen) atoms. The summed E-state index contributed by atoms with van der Waals surface area (Å²) in [6.45, 7) is 0.608.